The maximum absolute atomic E-state index is 14.4. The predicted octanol–water partition coefficient (Wildman–Crippen LogP) is 2.62. The first kappa shape index (κ1) is 41.5. The van der Waals surface area contributed by atoms with E-state index < -0.39 is 58.6 Å². The van der Waals surface area contributed by atoms with Crippen LogP contribution in [-0.2, 0) is 4.74 Å². The first-order valence-electron chi connectivity index (χ1n) is 20.5. The van der Waals surface area contributed by atoms with E-state index in [-0.39, 0.29) is 57.7 Å². The summed E-state index contributed by atoms with van der Waals surface area (Å²) in [7, 11) is 0. The number of anilines is 4. The van der Waals surface area contributed by atoms with Gasteiger partial charge in [-0.05, 0) is 74.2 Å². The highest BCUT2D eigenvalue weighted by atomic mass is 16.5. The van der Waals surface area contributed by atoms with Crippen LogP contribution in [-0.4, -0.2) is 132 Å². The van der Waals surface area contributed by atoms with Gasteiger partial charge in [0, 0.05) is 63.7 Å². The van der Waals surface area contributed by atoms with Crippen molar-refractivity contribution in [1.82, 2.24) is 10.6 Å². The van der Waals surface area contributed by atoms with Crippen LogP contribution in [0.3, 0.4) is 0 Å². The molecule has 2 atom stereocenters. The van der Waals surface area contributed by atoms with Crippen LogP contribution in [0.2, 0.25) is 0 Å². The summed E-state index contributed by atoms with van der Waals surface area (Å²) in [4.78, 5) is 61.2. The van der Waals surface area contributed by atoms with Gasteiger partial charge in [0.2, 0.25) is 23.1 Å². The topological polar surface area (TPSA) is 253 Å². The average molecular weight is 837 g/mol. The Kier molecular flexibility index (Phi) is 11.8. The van der Waals surface area contributed by atoms with Gasteiger partial charge in [0.05, 0.1) is 69.1 Å². The minimum absolute atomic E-state index is 0.0477. The maximum atomic E-state index is 14.4. The molecule has 0 spiro atoms. The van der Waals surface area contributed by atoms with Crippen LogP contribution >= 0.6 is 0 Å². The van der Waals surface area contributed by atoms with Gasteiger partial charge in [-0.3, -0.25) is 19.2 Å². The number of fused-ring (bicyclic) bond motifs is 4. The minimum Gasteiger partial charge on any atom is -0.507 e. The summed E-state index contributed by atoms with van der Waals surface area (Å²) in [6.07, 6.45) is 1.21. The zero-order chi connectivity index (χ0) is 42.9. The number of nitrogens with one attached hydrogen (secondary N) is 4. The SMILES string of the molecule is O=C1c2c(O)ccc(O)c2C(=O)c2c(N3CCCC3OC3CCCN3c3ccc(NCCNCCO)c4c3C(=O)c3c(O)ccc(O)c3C4=O)ccc(NCCNCCO)c21. The fourth-order valence-corrected chi connectivity index (χ4v) is 8.94. The highest BCUT2D eigenvalue weighted by Crippen LogP contribution is 2.47. The van der Waals surface area contributed by atoms with Gasteiger partial charge in [0.1, 0.15) is 35.5 Å². The van der Waals surface area contributed by atoms with E-state index in [4.69, 9.17) is 14.9 Å². The highest BCUT2D eigenvalue weighted by molar-refractivity contribution is 6.34. The number of benzene rings is 4. The lowest BCUT2D eigenvalue weighted by molar-refractivity contribution is 0.0000643. The standard InChI is InChI=1S/C44H48N6O11/c51-21-17-45-13-15-47-23-5-7-25(35-33(23)41(57)37-27(53)9-11-29(55)39(37)43(35)59)49-19-1-3-31(49)61-32-4-2-20-50(32)26-8-6-24(48-16-14-46-18-22-52)34-36(26)44(60)40-30(56)12-10-28(54)38(40)42(34)58/h5-12,31-32,45-48,51-56H,1-4,13-22H2. The third kappa shape index (κ3) is 7.37. The van der Waals surface area contributed by atoms with E-state index in [1.54, 1.807) is 24.3 Å². The van der Waals surface area contributed by atoms with Crippen molar-refractivity contribution < 1.29 is 54.6 Å². The fourth-order valence-electron chi connectivity index (χ4n) is 8.94. The van der Waals surface area contributed by atoms with Crippen molar-refractivity contribution in [2.45, 2.75) is 38.1 Å². The molecule has 0 aromatic heterocycles. The first-order valence-corrected chi connectivity index (χ1v) is 20.5. The molecule has 61 heavy (non-hydrogen) atoms. The number of rotatable bonds is 16. The molecular formula is C44H48N6O11. The minimum atomic E-state index is -0.634. The van der Waals surface area contributed by atoms with Gasteiger partial charge in [-0.2, -0.15) is 0 Å². The Morgan fingerprint density at radius 1 is 0.475 bits per heavy atom. The van der Waals surface area contributed by atoms with E-state index in [2.05, 4.69) is 21.3 Å². The van der Waals surface area contributed by atoms with E-state index in [9.17, 15) is 39.6 Å². The van der Waals surface area contributed by atoms with E-state index in [0.29, 0.717) is 101 Å². The summed E-state index contributed by atoms with van der Waals surface area (Å²) in [5.41, 5.74) is 0.605. The lowest BCUT2D eigenvalue weighted by atomic mass is 9.81. The van der Waals surface area contributed by atoms with E-state index >= 15 is 0 Å². The molecule has 2 aliphatic carbocycles. The predicted molar refractivity (Wildman–Crippen MR) is 225 cm³/mol. The van der Waals surface area contributed by atoms with Crippen molar-refractivity contribution in [3.05, 3.63) is 93.0 Å². The molecule has 0 radical (unpaired) electrons. The maximum Gasteiger partial charge on any atom is 0.200 e. The smallest absolute Gasteiger partial charge is 0.200 e. The molecule has 0 amide bonds. The molecule has 17 heteroatoms. The first-order chi connectivity index (χ1) is 29.6. The number of carbonyl (C=O) groups is 4. The van der Waals surface area contributed by atoms with Crippen molar-refractivity contribution >= 4 is 45.9 Å². The molecule has 17 nitrogen and oxygen atoms in total. The molecule has 4 aromatic rings. The fraction of sp³-hybridized carbons (Fsp3) is 0.364. The van der Waals surface area contributed by atoms with Gasteiger partial charge in [-0.15, -0.1) is 0 Å². The summed E-state index contributed by atoms with van der Waals surface area (Å²) in [5.74, 6) is -4.27. The van der Waals surface area contributed by atoms with Crippen LogP contribution in [0.1, 0.15) is 89.4 Å². The molecule has 0 bridgehead atoms. The number of carbonyl (C=O) groups excluding carboxylic acids is 4. The van der Waals surface area contributed by atoms with E-state index in [1.807, 2.05) is 9.80 Å². The average Bonchev–Trinajstić information content (AvgIpc) is 3.92. The van der Waals surface area contributed by atoms with Crippen LogP contribution in [0.25, 0.3) is 0 Å². The number of aliphatic hydroxyl groups excluding tert-OH is 2. The van der Waals surface area contributed by atoms with E-state index in [1.165, 1.54) is 24.3 Å². The molecule has 2 unspecified atom stereocenters. The Hall–Kier alpha value is -6.24. The van der Waals surface area contributed by atoms with Gasteiger partial charge in [-0.25, -0.2) is 0 Å². The second-order valence-corrected chi connectivity index (χ2v) is 15.3. The second-order valence-electron chi connectivity index (χ2n) is 15.3. The van der Waals surface area contributed by atoms with Crippen LogP contribution in [0, 0.1) is 0 Å². The van der Waals surface area contributed by atoms with Crippen molar-refractivity contribution in [3.63, 3.8) is 0 Å². The number of phenolic OH excluding ortho intramolecular Hbond substituents is 4. The molecule has 2 fully saturated rings. The number of ketones is 4. The molecule has 4 aromatic carbocycles. The Morgan fingerprint density at radius 2 is 0.836 bits per heavy atom. The zero-order valence-corrected chi connectivity index (χ0v) is 33.3. The zero-order valence-electron chi connectivity index (χ0n) is 33.3. The third-order valence-electron chi connectivity index (χ3n) is 11.6. The number of aromatic hydroxyl groups is 4. The molecule has 2 aliphatic heterocycles. The molecule has 10 N–H and O–H groups in total. The number of hydrogen-bond acceptors (Lipinski definition) is 17. The Labute approximate surface area is 350 Å². The number of aliphatic hydroxyl groups is 2. The normalized spacial score (nSPS) is 18.0. The van der Waals surface area contributed by atoms with Gasteiger partial charge >= 0.3 is 0 Å². The number of phenols is 4. The molecule has 4 aliphatic rings. The Bertz CT molecular complexity index is 2260. The molecule has 8 rings (SSSR count). The summed E-state index contributed by atoms with van der Waals surface area (Å²) >= 11 is 0. The Morgan fingerprint density at radius 3 is 1.20 bits per heavy atom. The second kappa shape index (κ2) is 17.4. The van der Waals surface area contributed by atoms with Crippen LogP contribution in [0.5, 0.6) is 23.0 Å². The van der Waals surface area contributed by atoms with Crippen molar-refractivity contribution in [2.24, 2.45) is 0 Å². The summed E-state index contributed by atoms with van der Waals surface area (Å²) in [6, 6.07) is 11.6. The molecule has 2 heterocycles. The van der Waals surface area contributed by atoms with E-state index in [0.717, 1.165) is 0 Å². The molecular weight excluding hydrogens is 789 g/mol. The number of hydrogen-bond donors (Lipinski definition) is 10. The molecule has 320 valence electrons. The van der Waals surface area contributed by atoms with Gasteiger partial charge in [0.15, 0.2) is 0 Å². The summed E-state index contributed by atoms with van der Waals surface area (Å²) < 4.78 is 6.89. The van der Waals surface area contributed by atoms with Crippen molar-refractivity contribution in [3.8, 4) is 23.0 Å². The lowest BCUT2D eigenvalue weighted by Crippen LogP contribution is -2.42. The summed E-state index contributed by atoms with van der Waals surface area (Å²) in [6.45, 7) is 3.16. The Balaban J connectivity index is 1.14. The number of ether oxygens (including phenoxy) is 1. The van der Waals surface area contributed by atoms with Gasteiger partial charge in [0.25, 0.3) is 0 Å². The van der Waals surface area contributed by atoms with Crippen LogP contribution < -0.4 is 31.1 Å². The molecule has 0 saturated carbocycles. The summed E-state index contributed by atoms with van der Waals surface area (Å²) in [5, 5.41) is 74.1. The number of nitrogens with zero attached hydrogens (tertiary/aromatic N) is 2. The van der Waals surface area contributed by atoms with Gasteiger partial charge in [-0.1, -0.05) is 0 Å². The van der Waals surface area contributed by atoms with Crippen molar-refractivity contribution in [2.75, 3.05) is 86.0 Å². The van der Waals surface area contributed by atoms with Crippen LogP contribution in [0.15, 0.2) is 48.5 Å². The quantitative estimate of drug-likeness (QED) is 0.0497. The molecule has 2 saturated heterocycles. The highest BCUT2D eigenvalue weighted by Gasteiger charge is 2.44. The largest absolute Gasteiger partial charge is 0.507 e. The van der Waals surface area contributed by atoms with Gasteiger partial charge < -0.3 is 66.4 Å². The van der Waals surface area contributed by atoms with Crippen molar-refractivity contribution in [1.29, 1.82) is 0 Å². The van der Waals surface area contributed by atoms with Crippen LogP contribution in [0.4, 0.5) is 22.7 Å². The third-order valence-corrected chi connectivity index (χ3v) is 11.6. The lowest BCUT2D eigenvalue weighted by Gasteiger charge is -2.36. The monoisotopic (exact) mass is 836 g/mol.